The second-order valence-electron chi connectivity index (χ2n) is 5.62. The maximum absolute atomic E-state index is 11.8. The summed E-state index contributed by atoms with van der Waals surface area (Å²) >= 11 is 0. The lowest BCUT2D eigenvalue weighted by Gasteiger charge is -2.11. The summed E-state index contributed by atoms with van der Waals surface area (Å²) in [6.07, 6.45) is 1.76. The minimum atomic E-state index is -1.00. The van der Waals surface area contributed by atoms with Crippen molar-refractivity contribution in [2.24, 2.45) is 0 Å². The van der Waals surface area contributed by atoms with E-state index in [0.717, 1.165) is 11.3 Å². The summed E-state index contributed by atoms with van der Waals surface area (Å²) in [4.78, 5) is 26.9. The molecule has 0 bridgehead atoms. The lowest BCUT2D eigenvalue weighted by Crippen LogP contribution is -2.30. The molecule has 1 aromatic heterocycles. The van der Waals surface area contributed by atoms with Crippen molar-refractivity contribution in [1.82, 2.24) is 10.3 Å². The molecule has 1 heterocycles. The van der Waals surface area contributed by atoms with Gasteiger partial charge >= 0.3 is 5.97 Å². The minimum absolute atomic E-state index is 0.0859. The van der Waals surface area contributed by atoms with E-state index in [9.17, 15) is 9.59 Å². The Morgan fingerprint density at radius 1 is 1.19 bits per heavy atom. The van der Waals surface area contributed by atoms with Gasteiger partial charge in [-0.25, -0.2) is 4.79 Å². The van der Waals surface area contributed by atoms with Gasteiger partial charge in [-0.3, -0.25) is 9.78 Å². The van der Waals surface area contributed by atoms with Crippen molar-refractivity contribution in [2.45, 2.75) is 18.9 Å². The van der Waals surface area contributed by atoms with Crippen LogP contribution >= 0.6 is 0 Å². The number of nitrogens with zero attached hydrogens (tertiary/aromatic N) is 1. The molecule has 2 N–H and O–H groups in total. The van der Waals surface area contributed by atoms with Gasteiger partial charge in [0.15, 0.2) is 12.7 Å². The van der Waals surface area contributed by atoms with E-state index >= 15 is 0 Å². The van der Waals surface area contributed by atoms with E-state index in [1.165, 1.54) is 7.11 Å². The van der Waals surface area contributed by atoms with Crippen LogP contribution in [0, 0.1) is 0 Å². The first kappa shape index (κ1) is 19.4. The van der Waals surface area contributed by atoms with Crippen LogP contribution in [0.25, 0.3) is 0 Å². The number of aromatic nitrogens is 1. The van der Waals surface area contributed by atoms with Crippen LogP contribution in [-0.2, 0) is 27.2 Å². The van der Waals surface area contributed by atoms with Crippen LogP contribution in [0.1, 0.15) is 11.3 Å². The van der Waals surface area contributed by atoms with E-state index in [1.54, 1.807) is 30.5 Å². The molecule has 26 heavy (non-hydrogen) atoms. The van der Waals surface area contributed by atoms with E-state index < -0.39 is 12.1 Å². The van der Waals surface area contributed by atoms with Crippen molar-refractivity contribution in [1.29, 1.82) is 0 Å². The third-order valence-corrected chi connectivity index (χ3v) is 3.70. The van der Waals surface area contributed by atoms with Crippen LogP contribution in [0.2, 0.25) is 0 Å². The molecule has 0 aliphatic carbocycles. The zero-order valence-electron chi connectivity index (χ0n) is 14.6. The fraction of sp³-hybridized carbons (Fsp3) is 0.316. The highest BCUT2D eigenvalue weighted by atomic mass is 16.5. The smallest absolute Gasteiger partial charge is 0.333 e. The summed E-state index contributed by atoms with van der Waals surface area (Å²) in [7, 11) is 1.36. The SMILES string of the molecule is COC(Cc1ccc(OCC(=O)NCCc2ccccn2)cc1)C(=O)O. The Morgan fingerprint density at radius 3 is 2.58 bits per heavy atom. The largest absolute Gasteiger partial charge is 0.484 e. The number of pyridine rings is 1. The van der Waals surface area contributed by atoms with Crippen LogP contribution in [0.4, 0.5) is 0 Å². The van der Waals surface area contributed by atoms with Gasteiger partial charge in [0.2, 0.25) is 0 Å². The van der Waals surface area contributed by atoms with Crippen molar-refractivity contribution in [3.63, 3.8) is 0 Å². The zero-order valence-corrected chi connectivity index (χ0v) is 14.6. The quantitative estimate of drug-likeness (QED) is 0.667. The molecule has 7 heteroatoms. The molecule has 2 rings (SSSR count). The Kier molecular flexibility index (Phi) is 7.57. The Hall–Kier alpha value is -2.93. The van der Waals surface area contributed by atoms with Crippen LogP contribution in [-0.4, -0.2) is 48.3 Å². The van der Waals surface area contributed by atoms with E-state index in [2.05, 4.69) is 10.3 Å². The number of amides is 1. The number of hydrogen-bond acceptors (Lipinski definition) is 5. The van der Waals surface area contributed by atoms with Crippen molar-refractivity contribution in [3.05, 3.63) is 59.9 Å². The molecule has 0 aliphatic rings. The van der Waals surface area contributed by atoms with Crippen LogP contribution < -0.4 is 10.1 Å². The van der Waals surface area contributed by atoms with Gasteiger partial charge in [-0.15, -0.1) is 0 Å². The average molecular weight is 358 g/mol. The van der Waals surface area contributed by atoms with Crippen LogP contribution in [0.15, 0.2) is 48.7 Å². The number of benzene rings is 1. The summed E-state index contributed by atoms with van der Waals surface area (Å²) in [5, 5.41) is 11.8. The third-order valence-electron chi connectivity index (χ3n) is 3.70. The third kappa shape index (κ3) is 6.52. The molecule has 1 amide bonds. The molecule has 1 aromatic carbocycles. The predicted octanol–water partition coefficient (Wildman–Crippen LogP) is 1.46. The van der Waals surface area contributed by atoms with Crippen molar-refractivity contribution in [3.8, 4) is 5.75 Å². The van der Waals surface area contributed by atoms with Crippen LogP contribution in [0.5, 0.6) is 5.75 Å². The zero-order chi connectivity index (χ0) is 18.8. The van der Waals surface area contributed by atoms with Crippen molar-refractivity contribution < 1.29 is 24.2 Å². The predicted molar refractivity (Wildman–Crippen MR) is 95.0 cm³/mol. The summed E-state index contributed by atoms with van der Waals surface area (Å²) in [6, 6.07) is 12.6. The number of rotatable bonds is 10. The molecule has 0 aliphatic heterocycles. The van der Waals surface area contributed by atoms with Gasteiger partial charge in [-0.1, -0.05) is 18.2 Å². The van der Waals surface area contributed by atoms with Crippen molar-refractivity contribution >= 4 is 11.9 Å². The van der Waals surface area contributed by atoms with Gasteiger partial charge in [0, 0.05) is 38.4 Å². The number of methoxy groups -OCH3 is 1. The second-order valence-corrected chi connectivity index (χ2v) is 5.62. The number of ether oxygens (including phenoxy) is 2. The number of nitrogens with one attached hydrogen (secondary N) is 1. The first-order chi connectivity index (χ1) is 12.6. The number of carbonyl (C=O) groups is 2. The van der Waals surface area contributed by atoms with Gasteiger partial charge in [-0.2, -0.15) is 0 Å². The molecule has 1 unspecified atom stereocenters. The number of aliphatic carboxylic acids is 1. The molecule has 0 saturated heterocycles. The van der Waals surface area contributed by atoms with E-state index in [-0.39, 0.29) is 18.9 Å². The first-order valence-corrected chi connectivity index (χ1v) is 8.22. The van der Waals surface area contributed by atoms with Gasteiger partial charge in [-0.05, 0) is 29.8 Å². The normalized spacial score (nSPS) is 11.6. The fourth-order valence-electron chi connectivity index (χ4n) is 2.28. The van der Waals surface area contributed by atoms with E-state index in [4.69, 9.17) is 14.6 Å². The number of carboxylic acids is 1. The Labute approximate surface area is 152 Å². The highest BCUT2D eigenvalue weighted by Crippen LogP contribution is 2.14. The number of carboxylic acid groups (broad SMARTS) is 1. The molecule has 0 radical (unpaired) electrons. The molecule has 0 spiro atoms. The molecular weight excluding hydrogens is 336 g/mol. The van der Waals surface area contributed by atoms with Crippen molar-refractivity contribution in [2.75, 3.05) is 20.3 Å². The second kappa shape index (κ2) is 10.1. The lowest BCUT2D eigenvalue weighted by atomic mass is 10.1. The molecule has 1 atom stereocenters. The molecule has 0 saturated carbocycles. The molecule has 0 fully saturated rings. The molecule has 138 valence electrons. The monoisotopic (exact) mass is 358 g/mol. The van der Waals surface area contributed by atoms with E-state index in [1.807, 2.05) is 18.2 Å². The maximum atomic E-state index is 11.8. The summed E-state index contributed by atoms with van der Waals surface area (Å²) in [6.45, 7) is 0.406. The minimum Gasteiger partial charge on any atom is -0.484 e. The lowest BCUT2D eigenvalue weighted by molar-refractivity contribution is -0.148. The maximum Gasteiger partial charge on any atom is 0.333 e. The molecular formula is C19H22N2O5. The number of hydrogen-bond donors (Lipinski definition) is 2. The highest BCUT2D eigenvalue weighted by Gasteiger charge is 2.16. The van der Waals surface area contributed by atoms with Gasteiger partial charge in [0.25, 0.3) is 5.91 Å². The topological polar surface area (TPSA) is 97.8 Å². The van der Waals surface area contributed by atoms with Crippen LogP contribution in [0.3, 0.4) is 0 Å². The first-order valence-electron chi connectivity index (χ1n) is 8.22. The highest BCUT2D eigenvalue weighted by molar-refractivity contribution is 5.77. The summed E-state index contributed by atoms with van der Waals surface area (Å²) in [5.74, 6) is -0.677. The summed E-state index contributed by atoms with van der Waals surface area (Å²) < 4.78 is 10.3. The Morgan fingerprint density at radius 2 is 1.96 bits per heavy atom. The standard InChI is InChI=1S/C19H22N2O5/c1-25-17(19(23)24)12-14-5-7-16(8-6-14)26-13-18(22)21-11-9-15-4-2-3-10-20-15/h2-8,10,17H,9,11-13H2,1H3,(H,21,22)(H,23,24). The number of carbonyl (C=O) groups excluding carboxylic acids is 1. The van der Waals surface area contributed by atoms with Gasteiger partial charge in [0.1, 0.15) is 5.75 Å². The van der Waals surface area contributed by atoms with Gasteiger partial charge < -0.3 is 19.9 Å². The van der Waals surface area contributed by atoms with Gasteiger partial charge in [0.05, 0.1) is 0 Å². The Balaban J connectivity index is 1.71. The Bertz CT molecular complexity index is 704. The summed E-state index contributed by atoms with van der Waals surface area (Å²) in [5.41, 5.74) is 1.73. The average Bonchev–Trinajstić information content (AvgIpc) is 2.66. The fourth-order valence-corrected chi connectivity index (χ4v) is 2.28. The van der Waals surface area contributed by atoms with E-state index in [0.29, 0.717) is 18.7 Å². The molecule has 2 aromatic rings. The molecule has 7 nitrogen and oxygen atoms in total.